The molecule has 1 aromatic rings. The number of carbonyl (C=O) groups excluding carboxylic acids is 1. The van der Waals surface area contributed by atoms with Crippen molar-refractivity contribution >= 4 is 6.29 Å². The summed E-state index contributed by atoms with van der Waals surface area (Å²) in [6, 6.07) is 7.30. The Morgan fingerprint density at radius 1 is 1.43 bits per heavy atom. The van der Waals surface area contributed by atoms with E-state index in [9.17, 15) is 4.79 Å². The van der Waals surface area contributed by atoms with Crippen LogP contribution in [0, 0.1) is 0 Å². The molecule has 3 heteroatoms. The molecule has 0 spiro atoms. The zero-order valence-electron chi connectivity index (χ0n) is 8.14. The number of ether oxygens (including phenoxy) is 1. The predicted octanol–water partition coefficient (Wildman–Crippen LogP) is 1.36. The minimum atomic E-state index is -0.0816. The molecule has 1 aromatic carbocycles. The van der Waals surface area contributed by atoms with Gasteiger partial charge in [-0.2, -0.15) is 0 Å². The van der Waals surface area contributed by atoms with Gasteiger partial charge in [0.15, 0.2) is 0 Å². The molecule has 14 heavy (non-hydrogen) atoms. The van der Waals surface area contributed by atoms with Gasteiger partial charge in [-0.1, -0.05) is 19.1 Å². The highest BCUT2D eigenvalue weighted by Gasteiger charge is 2.02. The number of carbonyl (C=O) groups is 1. The zero-order valence-corrected chi connectivity index (χ0v) is 8.14. The zero-order chi connectivity index (χ0) is 10.4. The van der Waals surface area contributed by atoms with Gasteiger partial charge in [-0.15, -0.1) is 0 Å². The van der Waals surface area contributed by atoms with Crippen molar-refractivity contribution in [3.05, 3.63) is 29.8 Å². The molecule has 1 rings (SSSR count). The van der Waals surface area contributed by atoms with Crippen LogP contribution in [0.15, 0.2) is 24.3 Å². The lowest BCUT2D eigenvalue weighted by molar-refractivity contribution is -0.108. The molecule has 76 valence electrons. The maximum Gasteiger partial charge on any atom is 0.127 e. The quantitative estimate of drug-likeness (QED) is 0.720. The number of aldehydes is 1. The van der Waals surface area contributed by atoms with Crippen molar-refractivity contribution < 1.29 is 14.6 Å². The molecule has 0 amide bonds. The number of hydrogen-bond donors (Lipinski definition) is 1. The Bertz CT molecular complexity index is 279. The van der Waals surface area contributed by atoms with Crippen molar-refractivity contribution in [2.24, 2.45) is 0 Å². The third kappa shape index (κ3) is 2.85. The van der Waals surface area contributed by atoms with Crippen LogP contribution < -0.4 is 4.74 Å². The van der Waals surface area contributed by atoms with Crippen LogP contribution in [0.3, 0.4) is 0 Å². The fraction of sp³-hybridized carbons (Fsp3) is 0.364. The van der Waals surface area contributed by atoms with E-state index in [-0.39, 0.29) is 12.5 Å². The Morgan fingerprint density at radius 3 is 2.57 bits per heavy atom. The van der Waals surface area contributed by atoms with Gasteiger partial charge in [-0.3, -0.25) is 0 Å². The summed E-state index contributed by atoms with van der Waals surface area (Å²) in [4.78, 5) is 10.5. The Morgan fingerprint density at radius 2 is 2.07 bits per heavy atom. The number of benzene rings is 1. The largest absolute Gasteiger partial charge is 0.491 e. The summed E-state index contributed by atoms with van der Waals surface area (Å²) < 4.78 is 5.19. The van der Waals surface area contributed by atoms with Crippen LogP contribution in [-0.2, 0) is 4.79 Å². The van der Waals surface area contributed by atoms with Gasteiger partial charge in [-0.05, 0) is 17.7 Å². The number of rotatable bonds is 5. The maximum atomic E-state index is 10.5. The molecule has 0 saturated heterocycles. The summed E-state index contributed by atoms with van der Waals surface area (Å²) in [5.74, 6) is 0.628. The van der Waals surface area contributed by atoms with E-state index in [1.807, 2.05) is 19.1 Å². The highest BCUT2D eigenvalue weighted by molar-refractivity contribution is 5.61. The van der Waals surface area contributed by atoms with E-state index in [4.69, 9.17) is 9.84 Å². The predicted molar refractivity (Wildman–Crippen MR) is 53.5 cm³/mol. The van der Waals surface area contributed by atoms with E-state index in [0.717, 1.165) is 11.8 Å². The van der Waals surface area contributed by atoms with E-state index in [1.54, 1.807) is 12.1 Å². The molecule has 0 aliphatic heterocycles. The fourth-order valence-electron chi connectivity index (χ4n) is 1.11. The van der Waals surface area contributed by atoms with Gasteiger partial charge in [0, 0.05) is 5.92 Å². The second-order valence-corrected chi connectivity index (χ2v) is 3.07. The molecule has 3 nitrogen and oxygen atoms in total. The highest BCUT2D eigenvalue weighted by Crippen LogP contribution is 2.17. The van der Waals surface area contributed by atoms with E-state index < -0.39 is 0 Å². The summed E-state index contributed by atoms with van der Waals surface area (Å²) in [6.45, 7) is 2.14. The Labute approximate surface area is 83.3 Å². The molecule has 0 aliphatic rings. The molecule has 0 saturated carbocycles. The van der Waals surface area contributed by atoms with E-state index >= 15 is 0 Å². The molecule has 1 N–H and O–H groups in total. The summed E-state index contributed by atoms with van der Waals surface area (Å²) in [5, 5.41) is 8.54. The van der Waals surface area contributed by atoms with Crippen LogP contribution in [0.2, 0.25) is 0 Å². The van der Waals surface area contributed by atoms with Crippen LogP contribution >= 0.6 is 0 Å². The van der Waals surface area contributed by atoms with E-state index in [1.165, 1.54) is 0 Å². The topological polar surface area (TPSA) is 46.5 Å². The molecule has 0 radical (unpaired) electrons. The Kier molecular flexibility index (Phi) is 4.13. The fourth-order valence-corrected chi connectivity index (χ4v) is 1.11. The van der Waals surface area contributed by atoms with Crippen molar-refractivity contribution in [3.8, 4) is 5.75 Å². The summed E-state index contributed by atoms with van der Waals surface area (Å²) in [5.41, 5.74) is 0.969. The Hall–Kier alpha value is -1.35. The standard InChI is InChI=1S/C11H14O3/c1-9(8-13)10-2-4-11(5-3-10)14-7-6-12/h2-5,8-9,12H,6-7H2,1H3. The van der Waals surface area contributed by atoms with Gasteiger partial charge in [0.1, 0.15) is 18.6 Å². The number of aliphatic hydroxyl groups is 1. The van der Waals surface area contributed by atoms with Crippen molar-refractivity contribution in [2.75, 3.05) is 13.2 Å². The SMILES string of the molecule is CC(C=O)c1ccc(OCCO)cc1. The lowest BCUT2D eigenvalue weighted by Crippen LogP contribution is -2.01. The van der Waals surface area contributed by atoms with Crippen LogP contribution in [0.1, 0.15) is 18.4 Å². The van der Waals surface area contributed by atoms with Crippen LogP contribution in [0.4, 0.5) is 0 Å². The average molecular weight is 194 g/mol. The second kappa shape index (κ2) is 5.40. The molecule has 1 atom stereocenters. The van der Waals surface area contributed by atoms with Crippen LogP contribution in [-0.4, -0.2) is 24.6 Å². The van der Waals surface area contributed by atoms with Crippen LogP contribution in [0.25, 0.3) is 0 Å². The molecular weight excluding hydrogens is 180 g/mol. The van der Waals surface area contributed by atoms with Gasteiger partial charge in [0.05, 0.1) is 6.61 Å². The third-order valence-electron chi connectivity index (χ3n) is 1.97. The van der Waals surface area contributed by atoms with Gasteiger partial charge in [0.2, 0.25) is 0 Å². The van der Waals surface area contributed by atoms with Gasteiger partial charge < -0.3 is 14.6 Å². The van der Waals surface area contributed by atoms with E-state index in [2.05, 4.69) is 0 Å². The van der Waals surface area contributed by atoms with Crippen molar-refractivity contribution in [1.82, 2.24) is 0 Å². The van der Waals surface area contributed by atoms with Crippen LogP contribution in [0.5, 0.6) is 5.75 Å². The number of aliphatic hydroxyl groups excluding tert-OH is 1. The summed E-state index contributed by atoms with van der Waals surface area (Å²) >= 11 is 0. The molecule has 0 fully saturated rings. The maximum absolute atomic E-state index is 10.5. The number of hydrogen-bond acceptors (Lipinski definition) is 3. The van der Waals surface area contributed by atoms with Gasteiger partial charge >= 0.3 is 0 Å². The van der Waals surface area contributed by atoms with Gasteiger partial charge in [0.25, 0.3) is 0 Å². The highest BCUT2D eigenvalue weighted by atomic mass is 16.5. The van der Waals surface area contributed by atoms with Crippen molar-refractivity contribution in [3.63, 3.8) is 0 Å². The Balaban J connectivity index is 2.63. The van der Waals surface area contributed by atoms with Crippen molar-refractivity contribution in [1.29, 1.82) is 0 Å². The smallest absolute Gasteiger partial charge is 0.127 e. The normalized spacial score (nSPS) is 12.1. The summed E-state index contributed by atoms with van der Waals surface area (Å²) in [6.07, 6.45) is 0.906. The first-order chi connectivity index (χ1) is 6.77. The van der Waals surface area contributed by atoms with Gasteiger partial charge in [-0.25, -0.2) is 0 Å². The first-order valence-corrected chi connectivity index (χ1v) is 4.57. The third-order valence-corrected chi connectivity index (χ3v) is 1.97. The molecular formula is C11H14O3. The lowest BCUT2D eigenvalue weighted by Gasteiger charge is -2.06. The molecule has 0 aromatic heterocycles. The minimum Gasteiger partial charge on any atom is -0.491 e. The summed E-state index contributed by atoms with van der Waals surface area (Å²) in [7, 11) is 0. The molecule has 0 heterocycles. The molecule has 0 bridgehead atoms. The lowest BCUT2D eigenvalue weighted by atomic mass is 10.0. The van der Waals surface area contributed by atoms with Crippen molar-refractivity contribution in [2.45, 2.75) is 12.8 Å². The van der Waals surface area contributed by atoms with E-state index in [0.29, 0.717) is 12.4 Å². The first-order valence-electron chi connectivity index (χ1n) is 4.57. The second-order valence-electron chi connectivity index (χ2n) is 3.07. The first kappa shape index (κ1) is 10.7. The molecule has 0 aliphatic carbocycles. The molecule has 1 unspecified atom stereocenters. The minimum absolute atomic E-state index is 0.00644. The average Bonchev–Trinajstić information content (AvgIpc) is 2.26. The monoisotopic (exact) mass is 194 g/mol.